The first-order valence-electron chi connectivity index (χ1n) is 12.6. The molecule has 1 aromatic carbocycles. The minimum absolute atomic E-state index is 0.0704. The predicted octanol–water partition coefficient (Wildman–Crippen LogP) is 0.902. The lowest BCUT2D eigenvalue weighted by atomic mass is 9.97. The van der Waals surface area contributed by atoms with E-state index >= 15 is 0 Å². The maximum Gasteiger partial charge on any atom is 0.327 e. The van der Waals surface area contributed by atoms with Crippen molar-refractivity contribution in [2.45, 2.75) is 66.8 Å². The van der Waals surface area contributed by atoms with E-state index in [2.05, 4.69) is 20.5 Å². The van der Waals surface area contributed by atoms with E-state index in [4.69, 9.17) is 18.9 Å². The normalized spacial score (nSPS) is 13.2. The molecule has 0 aliphatic heterocycles. The second kappa shape index (κ2) is 13.1. The number of fused-ring (bicyclic) bond motifs is 1. The summed E-state index contributed by atoms with van der Waals surface area (Å²) in [7, 11) is 1.21. The lowest BCUT2D eigenvalue weighted by Gasteiger charge is -2.30. The van der Waals surface area contributed by atoms with Gasteiger partial charge in [0.25, 0.3) is 5.56 Å². The van der Waals surface area contributed by atoms with Gasteiger partial charge in [-0.25, -0.2) is 9.67 Å². The van der Waals surface area contributed by atoms with Crippen LogP contribution in [0.2, 0.25) is 0 Å². The molecule has 0 saturated heterocycles. The summed E-state index contributed by atoms with van der Waals surface area (Å²) in [5, 5.41) is 11.3. The Morgan fingerprint density at radius 2 is 1.59 bits per heavy atom. The molecule has 0 bridgehead atoms. The molecule has 0 radical (unpaired) electrons. The molecule has 0 aliphatic rings. The summed E-state index contributed by atoms with van der Waals surface area (Å²) in [6, 6.07) is 3.56. The van der Waals surface area contributed by atoms with Gasteiger partial charge in [0.1, 0.15) is 25.4 Å². The highest BCUT2D eigenvalue weighted by Gasteiger charge is 2.33. The SMILES string of the molecule is COC(=O)Cn1nnnc1-c1nc2cc(C)c(C)cc2n(C[C@H](OC(C)=O)[C@H](C)[C@@H](COC(C)=O)OC(C)=O)c1=O. The van der Waals surface area contributed by atoms with Gasteiger partial charge in [0, 0.05) is 26.7 Å². The third-order valence-corrected chi connectivity index (χ3v) is 6.43. The topological polar surface area (TPSA) is 184 Å². The van der Waals surface area contributed by atoms with Crippen molar-refractivity contribution >= 4 is 34.9 Å². The molecule has 0 spiro atoms. The zero-order valence-corrected chi connectivity index (χ0v) is 23.9. The number of hydrogen-bond acceptors (Lipinski definition) is 13. The zero-order valence-electron chi connectivity index (χ0n) is 23.9. The first-order valence-corrected chi connectivity index (χ1v) is 12.6. The number of rotatable bonds is 11. The lowest BCUT2D eigenvalue weighted by Crippen LogP contribution is -2.42. The van der Waals surface area contributed by atoms with Crippen LogP contribution in [0.25, 0.3) is 22.6 Å². The minimum atomic E-state index is -1.02. The Balaban J connectivity index is 2.19. The average Bonchev–Trinajstić information content (AvgIpc) is 3.35. The van der Waals surface area contributed by atoms with Crippen LogP contribution in [-0.4, -0.2) is 79.6 Å². The molecule has 0 fully saturated rings. The maximum absolute atomic E-state index is 14.0. The van der Waals surface area contributed by atoms with Gasteiger partial charge in [0.2, 0.25) is 5.82 Å². The molecule has 15 nitrogen and oxygen atoms in total. The van der Waals surface area contributed by atoms with E-state index in [0.717, 1.165) is 15.8 Å². The fraction of sp³-hybridized carbons (Fsp3) is 0.500. The van der Waals surface area contributed by atoms with Crippen molar-refractivity contribution in [3.05, 3.63) is 33.6 Å². The van der Waals surface area contributed by atoms with Gasteiger partial charge in [-0.15, -0.1) is 5.10 Å². The molecular weight excluding hydrogens is 540 g/mol. The summed E-state index contributed by atoms with van der Waals surface area (Å²) in [6.45, 7) is 8.18. The molecule has 220 valence electrons. The van der Waals surface area contributed by atoms with Crippen LogP contribution in [-0.2, 0) is 51.2 Å². The van der Waals surface area contributed by atoms with Crippen molar-refractivity contribution in [2.75, 3.05) is 13.7 Å². The summed E-state index contributed by atoms with van der Waals surface area (Å²) in [5.41, 5.74) is 1.84. The molecule has 0 unspecified atom stereocenters. The molecule has 15 heteroatoms. The molecule has 41 heavy (non-hydrogen) atoms. The number of nitrogens with zero attached hydrogens (tertiary/aromatic N) is 6. The van der Waals surface area contributed by atoms with Crippen LogP contribution in [0.3, 0.4) is 0 Å². The molecule has 0 amide bonds. The minimum Gasteiger partial charge on any atom is -0.468 e. The highest BCUT2D eigenvalue weighted by Crippen LogP contribution is 2.23. The van der Waals surface area contributed by atoms with Gasteiger partial charge >= 0.3 is 23.9 Å². The molecule has 3 atom stereocenters. The summed E-state index contributed by atoms with van der Waals surface area (Å²) >= 11 is 0. The molecule has 3 rings (SSSR count). The molecule has 2 aromatic heterocycles. The average molecular weight is 573 g/mol. The summed E-state index contributed by atoms with van der Waals surface area (Å²) in [6.07, 6.45) is -2.00. The largest absolute Gasteiger partial charge is 0.468 e. The lowest BCUT2D eigenvalue weighted by molar-refractivity contribution is -0.167. The molecular formula is C26H32N6O9. The zero-order chi connectivity index (χ0) is 30.4. The number of esters is 4. The van der Waals surface area contributed by atoms with Gasteiger partial charge in [-0.3, -0.25) is 24.0 Å². The van der Waals surface area contributed by atoms with E-state index in [1.165, 1.54) is 32.4 Å². The van der Waals surface area contributed by atoms with E-state index in [1.54, 1.807) is 19.1 Å². The fourth-order valence-electron chi connectivity index (χ4n) is 4.14. The van der Waals surface area contributed by atoms with Crippen LogP contribution >= 0.6 is 0 Å². The van der Waals surface area contributed by atoms with Crippen LogP contribution in [0.4, 0.5) is 0 Å². The monoisotopic (exact) mass is 572 g/mol. The number of aryl methyl sites for hydroxylation is 2. The van der Waals surface area contributed by atoms with Crippen molar-refractivity contribution in [1.82, 2.24) is 29.8 Å². The number of methoxy groups -OCH3 is 1. The van der Waals surface area contributed by atoms with Crippen LogP contribution in [0.15, 0.2) is 16.9 Å². The van der Waals surface area contributed by atoms with Crippen molar-refractivity contribution < 1.29 is 38.1 Å². The van der Waals surface area contributed by atoms with E-state index < -0.39 is 47.6 Å². The summed E-state index contributed by atoms with van der Waals surface area (Å²) in [5.74, 6) is -3.30. The number of carbonyl (C=O) groups excluding carboxylic acids is 4. The molecule has 3 aromatic rings. The fourth-order valence-corrected chi connectivity index (χ4v) is 4.14. The van der Waals surface area contributed by atoms with Crippen LogP contribution in [0.1, 0.15) is 38.8 Å². The quantitative estimate of drug-likeness (QED) is 0.233. The number of carbonyl (C=O) groups is 4. The second-order valence-corrected chi connectivity index (χ2v) is 9.50. The van der Waals surface area contributed by atoms with Crippen molar-refractivity contribution in [2.24, 2.45) is 5.92 Å². The van der Waals surface area contributed by atoms with Gasteiger partial charge in [0.15, 0.2) is 5.69 Å². The Labute approximate surface area is 234 Å². The van der Waals surface area contributed by atoms with Gasteiger partial charge in [0.05, 0.1) is 24.7 Å². The Morgan fingerprint density at radius 1 is 0.951 bits per heavy atom. The van der Waals surface area contributed by atoms with E-state index in [-0.39, 0.29) is 31.2 Å². The molecule has 0 N–H and O–H groups in total. The number of aromatic nitrogens is 6. The molecule has 2 heterocycles. The highest BCUT2D eigenvalue weighted by molar-refractivity contribution is 5.79. The van der Waals surface area contributed by atoms with E-state index in [0.29, 0.717) is 11.0 Å². The standard InChI is InChI=1S/C26H32N6O9/c1-13-8-19-20(9-14(13)2)31(26(37)24(27-19)25-28-29-30-32(25)11-23(36)38-7)10-21(40-17(5)34)15(3)22(41-18(6)35)12-39-16(4)33/h8-9,15,21-22H,10-12H2,1-7H3/t15-,21-,22+/m0/s1. The highest BCUT2D eigenvalue weighted by atomic mass is 16.6. The number of ether oxygens (including phenoxy) is 4. The number of hydrogen-bond donors (Lipinski definition) is 0. The van der Waals surface area contributed by atoms with Gasteiger partial charge in [-0.05, 0) is 47.5 Å². The Bertz CT molecular complexity index is 1530. The van der Waals surface area contributed by atoms with Crippen LogP contribution in [0.5, 0.6) is 0 Å². The Morgan fingerprint density at radius 3 is 2.20 bits per heavy atom. The summed E-state index contributed by atoms with van der Waals surface area (Å²) in [4.78, 5) is 65.8. The molecule has 0 aliphatic carbocycles. The third-order valence-electron chi connectivity index (χ3n) is 6.43. The van der Waals surface area contributed by atoms with Crippen molar-refractivity contribution in [1.29, 1.82) is 0 Å². The van der Waals surface area contributed by atoms with E-state index in [9.17, 15) is 24.0 Å². The number of tetrazole rings is 1. The van der Waals surface area contributed by atoms with Gasteiger partial charge in [-0.1, -0.05) is 6.92 Å². The first kappa shape index (κ1) is 30.8. The number of benzene rings is 1. The second-order valence-electron chi connectivity index (χ2n) is 9.50. The third kappa shape index (κ3) is 7.49. The molecule has 0 saturated carbocycles. The Kier molecular flexibility index (Phi) is 9.86. The van der Waals surface area contributed by atoms with E-state index in [1.807, 2.05) is 13.8 Å². The maximum atomic E-state index is 14.0. The van der Waals surface area contributed by atoms with Gasteiger partial charge in [-0.2, -0.15) is 0 Å². The first-order chi connectivity index (χ1) is 19.3. The summed E-state index contributed by atoms with van der Waals surface area (Å²) < 4.78 is 23.2. The van der Waals surface area contributed by atoms with Crippen LogP contribution < -0.4 is 5.56 Å². The smallest absolute Gasteiger partial charge is 0.327 e. The van der Waals surface area contributed by atoms with Crippen molar-refractivity contribution in [3.8, 4) is 11.5 Å². The predicted molar refractivity (Wildman–Crippen MR) is 141 cm³/mol. The Hall–Kier alpha value is -4.69. The van der Waals surface area contributed by atoms with Crippen molar-refractivity contribution in [3.63, 3.8) is 0 Å². The van der Waals surface area contributed by atoms with Crippen LogP contribution in [0, 0.1) is 19.8 Å². The van der Waals surface area contributed by atoms with Gasteiger partial charge < -0.3 is 23.5 Å².